The maximum absolute atomic E-state index is 10.1. The average molecular weight is 168 g/mol. The molecule has 0 radical (unpaired) electrons. The molecule has 0 aromatic rings. The first kappa shape index (κ1) is 8.55. The molecular weight excluding hydrogens is 148 g/mol. The van der Waals surface area contributed by atoms with E-state index in [1.165, 1.54) is 6.42 Å². The molecule has 2 saturated carbocycles. The van der Waals surface area contributed by atoms with Crippen molar-refractivity contribution in [3.05, 3.63) is 0 Å². The summed E-state index contributed by atoms with van der Waals surface area (Å²) in [6.45, 7) is 8.87. The number of rotatable bonds is 0. The summed E-state index contributed by atoms with van der Waals surface area (Å²) in [5, 5.41) is 10.1. The first-order valence-corrected chi connectivity index (χ1v) is 5.08. The van der Waals surface area contributed by atoms with Crippen molar-refractivity contribution >= 4 is 0 Å². The summed E-state index contributed by atoms with van der Waals surface area (Å²) < 4.78 is 0. The Morgan fingerprint density at radius 3 is 2.25 bits per heavy atom. The Morgan fingerprint density at radius 1 is 1.17 bits per heavy atom. The third-order valence-electron chi connectivity index (χ3n) is 4.59. The lowest BCUT2D eigenvalue weighted by atomic mass is 9.78. The van der Waals surface area contributed by atoms with Gasteiger partial charge in [0.2, 0.25) is 0 Å². The van der Waals surface area contributed by atoms with Crippen LogP contribution >= 0.6 is 0 Å². The van der Waals surface area contributed by atoms with Crippen LogP contribution in [-0.4, -0.2) is 10.7 Å². The molecule has 2 aliphatic carbocycles. The number of aliphatic hydroxyl groups is 1. The quantitative estimate of drug-likeness (QED) is 0.589. The van der Waals surface area contributed by atoms with Crippen LogP contribution in [0.3, 0.4) is 0 Å². The zero-order valence-electron chi connectivity index (χ0n) is 8.59. The van der Waals surface area contributed by atoms with Crippen LogP contribution in [0, 0.1) is 23.2 Å². The fourth-order valence-electron chi connectivity index (χ4n) is 3.01. The van der Waals surface area contributed by atoms with Gasteiger partial charge in [-0.1, -0.05) is 20.8 Å². The fourth-order valence-corrected chi connectivity index (χ4v) is 3.01. The SMILES string of the molecule is C[C@@H]1C[C@@H]2[C@H](C[C@]1(C)O)C2(C)C. The Kier molecular flexibility index (Phi) is 1.47. The molecule has 1 nitrogen and oxygen atoms in total. The van der Waals surface area contributed by atoms with Crippen LogP contribution in [0.2, 0.25) is 0 Å². The molecule has 0 spiro atoms. The number of fused-ring (bicyclic) bond motifs is 1. The minimum Gasteiger partial charge on any atom is -0.390 e. The van der Waals surface area contributed by atoms with E-state index in [1.807, 2.05) is 6.92 Å². The lowest BCUT2D eigenvalue weighted by Gasteiger charge is -2.34. The third kappa shape index (κ3) is 0.953. The Balaban J connectivity index is 2.14. The Morgan fingerprint density at radius 2 is 1.75 bits per heavy atom. The Bertz CT molecular complexity index is 205. The molecule has 0 saturated heterocycles. The van der Waals surface area contributed by atoms with Gasteiger partial charge in [0, 0.05) is 0 Å². The molecular formula is C11H20O. The molecule has 2 rings (SSSR count). The summed E-state index contributed by atoms with van der Waals surface area (Å²) in [7, 11) is 0. The molecule has 0 aromatic heterocycles. The predicted molar refractivity (Wildman–Crippen MR) is 49.8 cm³/mol. The zero-order valence-corrected chi connectivity index (χ0v) is 8.59. The molecule has 0 amide bonds. The van der Waals surface area contributed by atoms with Crippen LogP contribution < -0.4 is 0 Å². The third-order valence-corrected chi connectivity index (χ3v) is 4.59. The summed E-state index contributed by atoms with van der Waals surface area (Å²) in [5.41, 5.74) is 0.129. The van der Waals surface area contributed by atoms with Gasteiger partial charge in [0.25, 0.3) is 0 Å². The van der Waals surface area contributed by atoms with E-state index in [0.29, 0.717) is 11.3 Å². The lowest BCUT2D eigenvalue weighted by molar-refractivity contribution is -0.0278. The highest BCUT2D eigenvalue weighted by Crippen LogP contribution is 2.67. The minimum absolute atomic E-state index is 0.394. The van der Waals surface area contributed by atoms with Gasteiger partial charge in [-0.15, -0.1) is 0 Å². The van der Waals surface area contributed by atoms with E-state index in [9.17, 15) is 5.11 Å². The number of hydrogen-bond donors (Lipinski definition) is 1. The Labute approximate surface area is 75.2 Å². The molecule has 0 aliphatic heterocycles. The summed E-state index contributed by atoms with van der Waals surface area (Å²) in [6.07, 6.45) is 2.25. The molecule has 4 atom stereocenters. The van der Waals surface area contributed by atoms with E-state index >= 15 is 0 Å². The summed E-state index contributed by atoms with van der Waals surface area (Å²) in [6, 6.07) is 0. The van der Waals surface area contributed by atoms with Gasteiger partial charge < -0.3 is 5.11 Å². The highest BCUT2D eigenvalue weighted by molar-refractivity contribution is 5.11. The molecule has 2 fully saturated rings. The monoisotopic (exact) mass is 168 g/mol. The van der Waals surface area contributed by atoms with Gasteiger partial charge in [-0.05, 0) is 42.9 Å². The van der Waals surface area contributed by atoms with Crippen LogP contribution in [0.4, 0.5) is 0 Å². The minimum atomic E-state index is -0.394. The van der Waals surface area contributed by atoms with Crippen molar-refractivity contribution < 1.29 is 5.11 Å². The van der Waals surface area contributed by atoms with E-state index in [-0.39, 0.29) is 0 Å². The highest BCUT2D eigenvalue weighted by atomic mass is 16.3. The summed E-state index contributed by atoms with van der Waals surface area (Å²) in [5.74, 6) is 2.18. The standard InChI is InChI=1S/C11H20O/c1-7-5-8-9(10(8,2)3)6-11(7,4)12/h7-9,12H,5-6H2,1-4H3/t7-,8-,9+,11+/m1/s1. The molecule has 12 heavy (non-hydrogen) atoms. The molecule has 0 heterocycles. The average Bonchev–Trinajstić information content (AvgIpc) is 2.37. The van der Waals surface area contributed by atoms with E-state index in [2.05, 4.69) is 20.8 Å². The van der Waals surface area contributed by atoms with Gasteiger partial charge >= 0.3 is 0 Å². The maximum Gasteiger partial charge on any atom is 0.0648 e. The van der Waals surface area contributed by atoms with Gasteiger partial charge in [-0.2, -0.15) is 0 Å². The molecule has 2 aliphatic rings. The van der Waals surface area contributed by atoms with E-state index in [4.69, 9.17) is 0 Å². The zero-order chi connectivity index (χ0) is 9.15. The highest BCUT2D eigenvalue weighted by Gasteiger charge is 2.62. The van der Waals surface area contributed by atoms with Crippen LogP contribution in [0.1, 0.15) is 40.5 Å². The van der Waals surface area contributed by atoms with Crippen LogP contribution in [-0.2, 0) is 0 Å². The predicted octanol–water partition coefficient (Wildman–Crippen LogP) is 2.44. The van der Waals surface area contributed by atoms with E-state index in [1.54, 1.807) is 0 Å². The molecule has 0 unspecified atom stereocenters. The van der Waals surface area contributed by atoms with Crippen molar-refractivity contribution in [3.8, 4) is 0 Å². The second-order valence-corrected chi connectivity index (χ2v) is 5.73. The van der Waals surface area contributed by atoms with Gasteiger partial charge in [-0.25, -0.2) is 0 Å². The van der Waals surface area contributed by atoms with Crippen molar-refractivity contribution in [1.29, 1.82) is 0 Å². The largest absolute Gasteiger partial charge is 0.390 e. The van der Waals surface area contributed by atoms with Crippen molar-refractivity contribution in [1.82, 2.24) is 0 Å². The van der Waals surface area contributed by atoms with Crippen LogP contribution in [0.5, 0.6) is 0 Å². The Hall–Kier alpha value is -0.0400. The second-order valence-electron chi connectivity index (χ2n) is 5.73. The smallest absolute Gasteiger partial charge is 0.0648 e. The van der Waals surface area contributed by atoms with E-state index < -0.39 is 5.60 Å². The van der Waals surface area contributed by atoms with Gasteiger partial charge in [-0.3, -0.25) is 0 Å². The fraction of sp³-hybridized carbons (Fsp3) is 1.00. The molecule has 0 bridgehead atoms. The number of hydrogen-bond acceptors (Lipinski definition) is 1. The summed E-state index contributed by atoms with van der Waals surface area (Å²) >= 11 is 0. The maximum atomic E-state index is 10.1. The summed E-state index contributed by atoms with van der Waals surface area (Å²) in [4.78, 5) is 0. The van der Waals surface area contributed by atoms with Crippen LogP contribution in [0.25, 0.3) is 0 Å². The first-order chi connectivity index (χ1) is 5.36. The molecule has 1 heteroatoms. The van der Waals surface area contributed by atoms with Crippen molar-refractivity contribution in [2.45, 2.75) is 46.1 Å². The van der Waals surface area contributed by atoms with Crippen LogP contribution in [0.15, 0.2) is 0 Å². The first-order valence-electron chi connectivity index (χ1n) is 5.08. The second kappa shape index (κ2) is 2.06. The van der Waals surface area contributed by atoms with Crippen molar-refractivity contribution in [2.75, 3.05) is 0 Å². The lowest BCUT2D eigenvalue weighted by Crippen LogP contribution is -2.36. The van der Waals surface area contributed by atoms with Gasteiger partial charge in [0.15, 0.2) is 0 Å². The van der Waals surface area contributed by atoms with Gasteiger partial charge in [0.1, 0.15) is 0 Å². The molecule has 70 valence electrons. The molecule has 1 N–H and O–H groups in total. The van der Waals surface area contributed by atoms with Gasteiger partial charge in [0.05, 0.1) is 5.60 Å². The van der Waals surface area contributed by atoms with Crippen molar-refractivity contribution in [2.24, 2.45) is 23.2 Å². The van der Waals surface area contributed by atoms with E-state index in [0.717, 1.165) is 18.3 Å². The topological polar surface area (TPSA) is 20.2 Å². The van der Waals surface area contributed by atoms with Crippen molar-refractivity contribution in [3.63, 3.8) is 0 Å². The normalized spacial score (nSPS) is 56.2. The molecule has 0 aromatic carbocycles.